The zero-order valence-electron chi connectivity index (χ0n) is 11.0. The summed E-state index contributed by atoms with van der Waals surface area (Å²) < 4.78 is 28.4. The van der Waals surface area contributed by atoms with Gasteiger partial charge < -0.3 is 10.1 Å². The van der Waals surface area contributed by atoms with Gasteiger partial charge in [0.1, 0.15) is 0 Å². The molecule has 2 rings (SSSR count). The molecule has 0 radical (unpaired) electrons. The van der Waals surface area contributed by atoms with Crippen molar-refractivity contribution in [3.05, 3.63) is 33.4 Å². The van der Waals surface area contributed by atoms with Crippen LogP contribution in [0.3, 0.4) is 0 Å². The third kappa shape index (κ3) is 4.95. The van der Waals surface area contributed by atoms with Crippen molar-refractivity contribution in [2.75, 3.05) is 18.1 Å². The Bertz CT molecular complexity index is 641. The third-order valence-electron chi connectivity index (χ3n) is 3.01. The summed E-state index contributed by atoms with van der Waals surface area (Å²) in [4.78, 5) is 23.3. The molecule has 1 fully saturated rings. The SMILES string of the molecule is O=C(COC(=O)c1ccc(I)cc1)NC1CCS(=O)(=O)C1. The molecule has 0 spiro atoms. The van der Waals surface area contributed by atoms with Crippen molar-refractivity contribution < 1.29 is 22.7 Å². The Labute approximate surface area is 136 Å². The smallest absolute Gasteiger partial charge is 0.338 e. The van der Waals surface area contributed by atoms with Crippen LogP contribution >= 0.6 is 22.6 Å². The van der Waals surface area contributed by atoms with Crippen molar-refractivity contribution in [2.45, 2.75) is 12.5 Å². The first kappa shape index (κ1) is 16.2. The van der Waals surface area contributed by atoms with Crippen molar-refractivity contribution >= 4 is 44.3 Å². The van der Waals surface area contributed by atoms with Gasteiger partial charge in [0.2, 0.25) is 0 Å². The highest BCUT2D eigenvalue weighted by atomic mass is 127. The van der Waals surface area contributed by atoms with E-state index < -0.39 is 28.3 Å². The summed E-state index contributed by atoms with van der Waals surface area (Å²) in [6.07, 6.45) is 0.402. The molecule has 0 saturated carbocycles. The monoisotopic (exact) mass is 423 g/mol. The molecule has 1 N–H and O–H groups in total. The minimum Gasteiger partial charge on any atom is -0.452 e. The van der Waals surface area contributed by atoms with Gasteiger partial charge in [0.25, 0.3) is 5.91 Å². The predicted molar refractivity (Wildman–Crippen MR) is 84.6 cm³/mol. The molecular weight excluding hydrogens is 409 g/mol. The Balaban J connectivity index is 1.79. The van der Waals surface area contributed by atoms with Gasteiger partial charge in [-0.05, 0) is 53.3 Å². The van der Waals surface area contributed by atoms with Gasteiger partial charge in [-0.25, -0.2) is 13.2 Å². The fraction of sp³-hybridized carbons (Fsp3) is 0.385. The summed E-state index contributed by atoms with van der Waals surface area (Å²) in [5.74, 6) is -1.04. The van der Waals surface area contributed by atoms with Gasteiger partial charge in [-0.1, -0.05) is 0 Å². The summed E-state index contributed by atoms with van der Waals surface area (Å²) in [5, 5.41) is 2.55. The molecule has 1 aliphatic heterocycles. The fourth-order valence-corrected chi connectivity index (χ4v) is 4.01. The van der Waals surface area contributed by atoms with E-state index in [4.69, 9.17) is 4.74 Å². The number of hydrogen-bond donors (Lipinski definition) is 1. The van der Waals surface area contributed by atoms with Crippen LogP contribution in [0.4, 0.5) is 0 Å². The second-order valence-electron chi connectivity index (χ2n) is 4.75. The lowest BCUT2D eigenvalue weighted by Crippen LogP contribution is -2.38. The van der Waals surface area contributed by atoms with E-state index in [1.54, 1.807) is 24.3 Å². The van der Waals surface area contributed by atoms with E-state index >= 15 is 0 Å². The molecule has 1 aromatic carbocycles. The topological polar surface area (TPSA) is 89.5 Å². The minimum atomic E-state index is -3.04. The van der Waals surface area contributed by atoms with Crippen LogP contribution in [-0.4, -0.2) is 44.4 Å². The molecule has 0 bridgehead atoms. The number of sulfone groups is 1. The molecule has 1 atom stereocenters. The van der Waals surface area contributed by atoms with E-state index in [-0.39, 0.29) is 17.5 Å². The third-order valence-corrected chi connectivity index (χ3v) is 5.50. The summed E-state index contributed by atoms with van der Waals surface area (Å²) in [6.45, 7) is -0.415. The number of carbonyl (C=O) groups is 2. The van der Waals surface area contributed by atoms with Gasteiger partial charge in [-0.3, -0.25) is 4.79 Å². The average Bonchev–Trinajstić information content (AvgIpc) is 2.76. The Kier molecular flexibility index (Phi) is 5.20. The number of halogens is 1. The van der Waals surface area contributed by atoms with Crippen molar-refractivity contribution in [2.24, 2.45) is 0 Å². The predicted octanol–water partition coefficient (Wildman–Crippen LogP) is 0.751. The second kappa shape index (κ2) is 6.73. The molecule has 1 unspecified atom stereocenters. The van der Waals surface area contributed by atoms with Crippen molar-refractivity contribution in [3.8, 4) is 0 Å². The Morgan fingerprint density at radius 3 is 2.52 bits per heavy atom. The lowest BCUT2D eigenvalue weighted by atomic mass is 10.2. The van der Waals surface area contributed by atoms with Crippen LogP contribution < -0.4 is 5.32 Å². The Hall–Kier alpha value is -1.16. The molecule has 6 nitrogen and oxygen atoms in total. The second-order valence-corrected chi connectivity index (χ2v) is 8.22. The Morgan fingerprint density at radius 2 is 1.95 bits per heavy atom. The standard InChI is InChI=1S/C13H14INO5S/c14-10-3-1-9(2-4-10)13(17)20-7-12(16)15-11-5-6-21(18,19)8-11/h1-4,11H,5-8H2,(H,15,16). The number of nitrogens with one attached hydrogen (secondary N) is 1. The summed E-state index contributed by atoms with van der Waals surface area (Å²) in [6, 6.07) is 6.37. The van der Waals surface area contributed by atoms with E-state index in [1.807, 2.05) is 0 Å². The molecule has 0 aliphatic carbocycles. The first-order chi connectivity index (χ1) is 9.85. The van der Waals surface area contributed by atoms with Crippen molar-refractivity contribution in [1.82, 2.24) is 5.32 Å². The maximum atomic E-state index is 11.7. The highest BCUT2D eigenvalue weighted by molar-refractivity contribution is 14.1. The highest BCUT2D eigenvalue weighted by Crippen LogP contribution is 2.11. The van der Waals surface area contributed by atoms with Gasteiger partial charge >= 0.3 is 5.97 Å². The van der Waals surface area contributed by atoms with Crippen LogP contribution in [0.25, 0.3) is 0 Å². The molecule has 1 amide bonds. The van der Waals surface area contributed by atoms with E-state index in [9.17, 15) is 18.0 Å². The zero-order chi connectivity index (χ0) is 15.5. The molecule has 0 aromatic heterocycles. The lowest BCUT2D eigenvalue weighted by Gasteiger charge is -2.11. The zero-order valence-corrected chi connectivity index (χ0v) is 14.0. The van der Waals surface area contributed by atoms with Gasteiger partial charge in [0.15, 0.2) is 16.4 Å². The number of benzene rings is 1. The largest absolute Gasteiger partial charge is 0.452 e. The molecule has 1 saturated heterocycles. The van der Waals surface area contributed by atoms with E-state index in [1.165, 1.54) is 0 Å². The van der Waals surface area contributed by atoms with Gasteiger partial charge in [0, 0.05) is 9.61 Å². The molecule has 21 heavy (non-hydrogen) atoms. The van der Waals surface area contributed by atoms with E-state index in [0.29, 0.717) is 12.0 Å². The first-order valence-corrected chi connectivity index (χ1v) is 9.18. The van der Waals surface area contributed by atoms with Crippen LogP contribution in [0.5, 0.6) is 0 Å². The summed E-state index contributed by atoms with van der Waals surface area (Å²) >= 11 is 2.12. The lowest BCUT2D eigenvalue weighted by molar-refractivity contribution is -0.124. The van der Waals surface area contributed by atoms with Crippen LogP contribution in [0, 0.1) is 3.57 Å². The quantitative estimate of drug-likeness (QED) is 0.571. The number of rotatable bonds is 4. The van der Waals surface area contributed by atoms with Gasteiger partial charge in [0.05, 0.1) is 17.1 Å². The number of hydrogen-bond acceptors (Lipinski definition) is 5. The summed E-state index contributed by atoms with van der Waals surface area (Å²) in [7, 11) is -3.04. The van der Waals surface area contributed by atoms with Crippen LogP contribution in [0.1, 0.15) is 16.8 Å². The molecule has 1 aromatic rings. The van der Waals surface area contributed by atoms with Crippen molar-refractivity contribution in [1.29, 1.82) is 0 Å². The van der Waals surface area contributed by atoms with Gasteiger partial charge in [-0.15, -0.1) is 0 Å². The molecule has 1 aliphatic rings. The van der Waals surface area contributed by atoms with Gasteiger partial charge in [-0.2, -0.15) is 0 Å². The fourth-order valence-electron chi connectivity index (χ4n) is 1.98. The summed E-state index contributed by atoms with van der Waals surface area (Å²) in [5.41, 5.74) is 0.367. The highest BCUT2D eigenvalue weighted by Gasteiger charge is 2.29. The number of amides is 1. The normalized spacial score (nSPS) is 20.0. The number of carbonyl (C=O) groups excluding carboxylic acids is 2. The van der Waals surface area contributed by atoms with Crippen LogP contribution in [-0.2, 0) is 19.4 Å². The van der Waals surface area contributed by atoms with Crippen LogP contribution in [0.2, 0.25) is 0 Å². The number of ether oxygens (including phenoxy) is 1. The molecule has 114 valence electrons. The maximum Gasteiger partial charge on any atom is 0.338 e. The minimum absolute atomic E-state index is 0.0518. The number of esters is 1. The molecule has 1 heterocycles. The molecular formula is C13H14INO5S. The first-order valence-electron chi connectivity index (χ1n) is 6.28. The maximum absolute atomic E-state index is 11.7. The molecule has 8 heteroatoms. The van der Waals surface area contributed by atoms with Crippen LogP contribution in [0.15, 0.2) is 24.3 Å². The van der Waals surface area contributed by atoms with E-state index in [2.05, 4.69) is 27.9 Å². The average molecular weight is 423 g/mol. The van der Waals surface area contributed by atoms with E-state index in [0.717, 1.165) is 3.57 Å². The Morgan fingerprint density at radius 1 is 1.29 bits per heavy atom. The van der Waals surface area contributed by atoms with Crippen molar-refractivity contribution in [3.63, 3.8) is 0 Å².